The van der Waals surface area contributed by atoms with E-state index >= 15 is 0 Å². The number of cyclic esters (lactones) is 1. The molecule has 0 bridgehead atoms. The zero-order valence-electron chi connectivity index (χ0n) is 16.8. The summed E-state index contributed by atoms with van der Waals surface area (Å²) in [7, 11) is 0. The second-order valence-electron chi connectivity index (χ2n) is 7.73. The third-order valence-electron chi connectivity index (χ3n) is 5.07. The van der Waals surface area contributed by atoms with Gasteiger partial charge in [-0.25, -0.2) is 4.79 Å². The molecule has 0 fully saturated rings. The summed E-state index contributed by atoms with van der Waals surface area (Å²) >= 11 is 1.32. The average Bonchev–Trinajstić information content (AvgIpc) is 2.66. The summed E-state index contributed by atoms with van der Waals surface area (Å²) in [6.45, 7) is 6.32. The summed E-state index contributed by atoms with van der Waals surface area (Å²) in [6, 6.07) is 18.0. The van der Waals surface area contributed by atoms with Gasteiger partial charge in [0.1, 0.15) is 16.3 Å². The molecule has 0 aromatic heterocycles. The van der Waals surface area contributed by atoms with E-state index in [0.29, 0.717) is 23.7 Å². The molecule has 0 saturated carbocycles. The van der Waals surface area contributed by atoms with E-state index in [1.165, 1.54) is 11.8 Å². The largest absolute Gasteiger partial charge is 0.511 e. The Kier molecular flexibility index (Phi) is 6.50. The van der Waals surface area contributed by atoms with Gasteiger partial charge in [-0.2, -0.15) is 0 Å². The molecule has 3 nitrogen and oxygen atoms in total. The monoisotopic (exact) mass is 396 g/mol. The molecule has 1 atom stereocenters. The molecule has 148 valence electrons. The van der Waals surface area contributed by atoms with Crippen LogP contribution in [0.5, 0.6) is 0 Å². The number of esters is 1. The molecule has 1 aliphatic rings. The minimum atomic E-state index is -0.682. The Balaban J connectivity index is 1.88. The molecule has 0 spiro atoms. The maximum atomic E-state index is 12.9. The van der Waals surface area contributed by atoms with Gasteiger partial charge in [0, 0.05) is 17.7 Å². The Morgan fingerprint density at radius 2 is 1.79 bits per heavy atom. The van der Waals surface area contributed by atoms with Crippen LogP contribution in [0.25, 0.3) is 0 Å². The molecule has 0 radical (unpaired) electrons. The smallest absolute Gasteiger partial charge is 0.349 e. The first-order valence-electron chi connectivity index (χ1n) is 9.90. The molecule has 2 aromatic carbocycles. The first-order valence-corrected chi connectivity index (χ1v) is 10.7. The Morgan fingerprint density at radius 3 is 2.43 bits per heavy atom. The fraction of sp³-hybridized carbons (Fsp3) is 0.375. The maximum Gasteiger partial charge on any atom is 0.349 e. The zero-order valence-corrected chi connectivity index (χ0v) is 17.6. The Morgan fingerprint density at radius 1 is 1.11 bits per heavy atom. The minimum absolute atomic E-state index is 0.143. The molecule has 0 amide bonds. The van der Waals surface area contributed by atoms with Crippen LogP contribution < -0.4 is 0 Å². The molecular weight excluding hydrogens is 368 g/mol. The molecule has 1 heterocycles. The summed E-state index contributed by atoms with van der Waals surface area (Å²) in [6.07, 6.45) is 2.57. The first-order chi connectivity index (χ1) is 13.4. The van der Waals surface area contributed by atoms with Crippen molar-refractivity contribution in [1.82, 2.24) is 0 Å². The number of ether oxygens (including phenoxy) is 1. The standard InChI is InChI=1S/C24H28O3S/c1-4-14-24(15-18-10-6-5-7-11-18)16-20(25)22(23(26)27-24)28-21-13-9-8-12-19(21)17(2)3/h5-13,17,25H,4,14-16H2,1-3H3. The fourth-order valence-electron chi connectivity index (χ4n) is 3.79. The van der Waals surface area contributed by atoms with Gasteiger partial charge in [0.05, 0.1) is 0 Å². The van der Waals surface area contributed by atoms with E-state index in [2.05, 4.69) is 26.8 Å². The van der Waals surface area contributed by atoms with Gasteiger partial charge in [0.2, 0.25) is 0 Å². The Hall–Kier alpha value is -2.20. The van der Waals surface area contributed by atoms with Crippen LogP contribution in [0, 0.1) is 0 Å². The molecule has 1 N–H and O–H groups in total. The molecule has 4 heteroatoms. The van der Waals surface area contributed by atoms with Crippen LogP contribution in [0.4, 0.5) is 0 Å². The Bertz CT molecular complexity index is 857. The average molecular weight is 397 g/mol. The second-order valence-corrected chi connectivity index (χ2v) is 8.78. The van der Waals surface area contributed by atoms with Crippen molar-refractivity contribution in [3.63, 3.8) is 0 Å². The fourth-order valence-corrected chi connectivity index (χ4v) is 4.90. The number of carbonyl (C=O) groups is 1. The van der Waals surface area contributed by atoms with E-state index in [-0.39, 0.29) is 5.76 Å². The summed E-state index contributed by atoms with van der Waals surface area (Å²) in [4.78, 5) is 14.2. The molecule has 0 aliphatic carbocycles. The summed E-state index contributed by atoms with van der Waals surface area (Å²) in [5.74, 6) is 0.0594. The number of thioether (sulfide) groups is 1. The van der Waals surface area contributed by atoms with E-state index in [4.69, 9.17) is 4.74 Å². The van der Waals surface area contributed by atoms with Crippen molar-refractivity contribution in [3.8, 4) is 0 Å². The van der Waals surface area contributed by atoms with Crippen LogP contribution in [0.1, 0.15) is 57.1 Å². The van der Waals surface area contributed by atoms with Crippen LogP contribution >= 0.6 is 11.8 Å². The van der Waals surface area contributed by atoms with Crippen molar-refractivity contribution >= 4 is 17.7 Å². The summed E-state index contributed by atoms with van der Waals surface area (Å²) in [5, 5.41) is 10.8. The van der Waals surface area contributed by atoms with Crippen molar-refractivity contribution in [2.24, 2.45) is 0 Å². The van der Waals surface area contributed by atoms with Crippen LogP contribution in [-0.4, -0.2) is 16.7 Å². The predicted molar refractivity (Wildman–Crippen MR) is 115 cm³/mol. The van der Waals surface area contributed by atoms with E-state index in [1.54, 1.807) is 0 Å². The predicted octanol–water partition coefficient (Wildman–Crippen LogP) is 6.40. The first kappa shape index (κ1) is 20.5. The lowest BCUT2D eigenvalue weighted by atomic mass is 9.85. The van der Waals surface area contributed by atoms with Crippen molar-refractivity contribution in [3.05, 3.63) is 76.4 Å². The third kappa shape index (κ3) is 4.61. The van der Waals surface area contributed by atoms with Crippen molar-refractivity contribution < 1.29 is 14.6 Å². The van der Waals surface area contributed by atoms with E-state index in [9.17, 15) is 9.90 Å². The van der Waals surface area contributed by atoms with Crippen LogP contribution in [0.3, 0.4) is 0 Å². The van der Waals surface area contributed by atoms with Gasteiger partial charge in [-0.05, 0) is 29.5 Å². The number of hydrogen-bond acceptors (Lipinski definition) is 4. The van der Waals surface area contributed by atoms with E-state index < -0.39 is 11.6 Å². The van der Waals surface area contributed by atoms with Gasteiger partial charge in [0.15, 0.2) is 0 Å². The van der Waals surface area contributed by atoms with Crippen LogP contribution in [0.15, 0.2) is 70.2 Å². The number of rotatable bonds is 7. The molecule has 1 aliphatic heterocycles. The normalized spacial score (nSPS) is 19.8. The van der Waals surface area contributed by atoms with Gasteiger partial charge < -0.3 is 9.84 Å². The molecule has 2 aromatic rings. The zero-order chi connectivity index (χ0) is 20.1. The summed E-state index contributed by atoms with van der Waals surface area (Å²) in [5.41, 5.74) is 1.59. The van der Waals surface area contributed by atoms with Crippen molar-refractivity contribution in [2.45, 2.75) is 62.9 Å². The van der Waals surface area contributed by atoms with E-state index in [1.807, 2.05) is 48.5 Å². The van der Waals surface area contributed by atoms with Crippen molar-refractivity contribution in [1.29, 1.82) is 0 Å². The lowest BCUT2D eigenvalue weighted by Gasteiger charge is -2.37. The highest BCUT2D eigenvalue weighted by atomic mass is 32.2. The second kappa shape index (κ2) is 8.87. The topological polar surface area (TPSA) is 46.5 Å². The molecule has 0 saturated heterocycles. The number of benzene rings is 2. The van der Waals surface area contributed by atoms with Gasteiger partial charge >= 0.3 is 5.97 Å². The highest BCUT2D eigenvalue weighted by molar-refractivity contribution is 8.04. The number of aliphatic hydroxyl groups is 1. The van der Waals surface area contributed by atoms with Gasteiger partial charge in [-0.15, -0.1) is 0 Å². The minimum Gasteiger partial charge on any atom is -0.511 e. The van der Waals surface area contributed by atoms with Crippen LogP contribution in [-0.2, 0) is 16.0 Å². The maximum absolute atomic E-state index is 12.9. The van der Waals surface area contributed by atoms with Gasteiger partial charge in [0.25, 0.3) is 0 Å². The highest BCUT2D eigenvalue weighted by Crippen LogP contribution is 2.42. The number of hydrogen-bond donors (Lipinski definition) is 1. The molecule has 1 unspecified atom stereocenters. The lowest BCUT2D eigenvalue weighted by molar-refractivity contribution is -0.158. The Labute approximate surface area is 171 Å². The number of carbonyl (C=O) groups excluding carboxylic acids is 1. The van der Waals surface area contributed by atoms with Gasteiger partial charge in [-0.3, -0.25) is 0 Å². The molecular formula is C24H28O3S. The van der Waals surface area contributed by atoms with Crippen molar-refractivity contribution in [2.75, 3.05) is 0 Å². The van der Waals surface area contributed by atoms with Gasteiger partial charge in [-0.1, -0.05) is 87.5 Å². The number of aliphatic hydroxyl groups excluding tert-OH is 1. The lowest BCUT2D eigenvalue weighted by Crippen LogP contribution is -2.41. The molecule has 28 heavy (non-hydrogen) atoms. The quantitative estimate of drug-likeness (QED) is 0.550. The van der Waals surface area contributed by atoms with E-state index in [0.717, 1.165) is 28.9 Å². The SMILES string of the molecule is CCCC1(Cc2ccccc2)CC(O)=C(Sc2ccccc2C(C)C)C(=O)O1. The van der Waals surface area contributed by atoms with Crippen LogP contribution in [0.2, 0.25) is 0 Å². The highest BCUT2D eigenvalue weighted by Gasteiger charge is 2.42. The summed E-state index contributed by atoms with van der Waals surface area (Å²) < 4.78 is 6.00. The third-order valence-corrected chi connectivity index (χ3v) is 6.27. The molecule has 3 rings (SSSR count).